The van der Waals surface area contributed by atoms with Gasteiger partial charge in [0.1, 0.15) is 0 Å². The standard InChI is InChI=1S/C22H22ClN3O4S/c1-6-8-10-15(7-2)14(3)26-30-21(27)20-16(23)11-9-12-17(20)31-22-24-18(28-4)13-19(25-22)29-5/h6-13H,1H2,2-5H3/b10-8-,15-7+,26-14+. The molecule has 0 N–H and O–H groups in total. The number of hydrogen-bond acceptors (Lipinski definition) is 8. The Bertz CT molecular complexity index is 1030. The average molecular weight is 460 g/mol. The number of methoxy groups -OCH3 is 2. The number of rotatable bonds is 9. The van der Waals surface area contributed by atoms with Crippen LogP contribution in [-0.2, 0) is 4.84 Å². The van der Waals surface area contributed by atoms with Gasteiger partial charge in [0, 0.05) is 4.90 Å². The Kier molecular flexibility index (Phi) is 9.30. The zero-order chi connectivity index (χ0) is 22.8. The normalized spacial score (nSPS) is 12.0. The predicted octanol–water partition coefficient (Wildman–Crippen LogP) is 5.52. The molecule has 0 saturated carbocycles. The summed E-state index contributed by atoms with van der Waals surface area (Å²) in [5.41, 5.74) is 1.47. The van der Waals surface area contributed by atoms with E-state index in [1.165, 1.54) is 14.2 Å². The molecule has 9 heteroatoms. The van der Waals surface area contributed by atoms with E-state index >= 15 is 0 Å². The van der Waals surface area contributed by atoms with Crippen molar-refractivity contribution in [1.82, 2.24) is 9.97 Å². The van der Waals surface area contributed by atoms with Crippen molar-refractivity contribution in [3.05, 3.63) is 71.3 Å². The van der Waals surface area contributed by atoms with E-state index in [4.69, 9.17) is 25.9 Å². The second-order valence-electron chi connectivity index (χ2n) is 5.84. The first-order chi connectivity index (χ1) is 14.9. The molecule has 0 bridgehead atoms. The van der Waals surface area contributed by atoms with Crippen LogP contribution >= 0.6 is 23.4 Å². The monoisotopic (exact) mass is 459 g/mol. The fraction of sp³-hybridized carbons (Fsp3) is 0.182. The van der Waals surface area contributed by atoms with E-state index < -0.39 is 5.97 Å². The molecule has 1 aromatic carbocycles. The fourth-order valence-electron chi connectivity index (χ4n) is 2.33. The van der Waals surface area contributed by atoms with Crippen LogP contribution in [0.15, 0.2) is 75.9 Å². The van der Waals surface area contributed by atoms with Crippen LogP contribution in [0.25, 0.3) is 0 Å². The quantitative estimate of drug-likeness (QED) is 0.160. The van der Waals surface area contributed by atoms with Crippen molar-refractivity contribution >= 4 is 35.0 Å². The lowest BCUT2D eigenvalue weighted by atomic mass is 10.1. The van der Waals surface area contributed by atoms with Crippen LogP contribution in [0, 0.1) is 0 Å². The van der Waals surface area contributed by atoms with Crippen LogP contribution in [0.3, 0.4) is 0 Å². The third-order valence-electron chi connectivity index (χ3n) is 3.86. The molecule has 2 rings (SSSR count). The van der Waals surface area contributed by atoms with Gasteiger partial charge in [-0.15, -0.1) is 0 Å². The highest BCUT2D eigenvalue weighted by atomic mass is 35.5. The van der Waals surface area contributed by atoms with Crippen molar-refractivity contribution in [3.8, 4) is 11.8 Å². The Balaban J connectivity index is 2.32. The SMILES string of the molecule is C=C\C=C/C(=C\C)C(/C)=N/OC(=O)c1c(Cl)cccc1Sc1nc(OC)cc(OC)n1. The Morgan fingerprint density at radius 3 is 2.48 bits per heavy atom. The lowest BCUT2D eigenvalue weighted by Gasteiger charge is -2.10. The Labute approximate surface area is 190 Å². The number of benzene rings is 1. The van der Waals surface area contributed by atoms with Gasteiger partial charge < -0.3 is 14.3 Å². The molecule has 0 unspecified atom stereocenters. The van der Waals surface area contributed by atoms with Gasteiger partial charge in [-0.25, -0.2) is 4.79 Å². The summed E-state index contributed by atoms with van der Waals surface area (Å²) >= 11 is 7.42. The number of carbonyl (C=O) groups is 1. The molecule has 0 amide bonds. The zero-order valence-electron chi connectivity index (χ0n) is 17.6. The van der Waals surface area contributed by atoms with E-state index in [0.29, 0.717) is 27.5 Å². The van der Waals surface area contributed by atoms with Crippen molar-refractivity contribution in [3.63, 3.8) is 0 Å². The second kappa shape index (κ2) is 11.9. The topological polar surface area (TPSA) is 82.9 Å². The minimum Gasteiger partial charge on any atom is -0.481 e. The number of halogens is 1. The maximum atomic E-state index is 12.8. The van der Waals surface area contributed by atoms with Gasteiger partial charge in [-0.05, 0) is 43.3 Å². The van der Waals surface area contributed by atoms with Gasteiger partial charge in [-0.3, -0.25) is 0 Å². The molecule has 7 nitrogen and oxygen atoms in total. The van der Waals surface area contributed by atoms with Gasteiger partial charge >= 0.3 is 5.97 Å². The number of allylic oxidation sites excluding steroid dienone is 5. The minimum atomic E-state index is -0.703. The highest BCUT2D eigenvalue weighted by Gasteiger charge is 2.20. The number of ether oxygens (including phenoxy) is 2. The highest BCUT2D eigenvalue weighted by Crippen LogP contribution is 2.34. The smallest absolute Gasteiger partial charge is 0.368 e. The summed E-state index contributed by atoms with van der Waals surface area (Å²) in [6.07, 6.45) is 7.06. The number of aromatic nitrogens is 2. The predicted molar refractivity (Wildman–Crippen MR) is 122 cm³/mol. The molecule has 1 heterocycles. The van der Waals surface area contributed by atoms with Crippen LogP contribution in [0.2, 0.25) is 5.02 Å². The van der Waals surface area contributed by atoms with Gasteiger partial charge in [-0.2, -0.15) is 9.97 Å². The summed E-state index contributed by atoms with van der Waals surface area (Å²) in [6, 6.07) is 6.57. The molecular formula is C22H22ClN3O4S. The first-order valence-electron chi connectivity index (χ1n) is 9.08. The Hall–Kier alpha value is -3.10. The molecule has 0 saturated heterocycles. The van der Waals surface area contributed by atoms with Crippen molar-refractivity contribution in [2.24, 2.45) is 5.16 Å². The van der Waals surface area contributed by atoms with Gasteiger partial charge in [0.2, 0.25) is 11.8 Å². The van der Waals surface area contributed by atoms with Crippen LogP contribution < -0.4 is 9.47 Å². The van der Waals surface area contributed by atoms with Crippen molar-refractivity contribution in [1.29, 1.82) is 0 Å². The number of carbonyl (C=O) groups excluding carboxylic acids is 1. The minimum absolute atomic E-state index is 0.153. The van der Waals surface area contributed by atoms with Crippen molar-refractivity contribution in [2.75, 3.05) is 14.2 Å². The molecular weight excluding hydrogens is 438 g/mol. The molecule has 0 spiro atoms. The van der Waals surface area contributed by atoms with Crippen LogP contribution in [0.4, 0.5) is 0 Å². The summed E-state index contributed by atoms with van der Waals surface area (Å²) in [5.74, 6) is -0.0511. The summed E-state index contributed by atoms with van der Waals surface area (Å²) in [4.78, 5) is 27.0. The van der Waals surface area contributed by atoms with Crippen LogP contribution in [0.5, 0.6) is 11.8 Å². The van der Waals surface area contributed by atoms with Gasteiger partial charge in [0.15, 0.2) is 5.16 Å². The van der Waals surface area contributed by atoms with E-state index in [1.54, 1.807) is 43.3 Å². The highest BCUT2D eigenvalue weighted by molar-refractivity contribution is 7.99. The van der Waals surface area contributed by atoms with Gasteiger partial charge in [0.05, 0.1) is 36.6 Å². The van der Waals surface area contributed by atoms with Gasteiger partial charge in [0.25, 0.3) is 0 Å². The maximum Gasteiger partial charge on any atom is 0.368 e. The summed E-state index contributed by atoms with van der Waals surface area (Å²) in [6.45, 7) is 7.22. The molecule has 0 aliphatic heterocycles. The third-order valence-corrected chi connectivity index (χ3v) is 5.10. The first-order valence-corrected chi connectivity index (χ1v) is 10.3. The molecule has 0 radical (unpaired) electrons. The first kappa shape index (κ1) is 24.2. The molecule has 0 fully saturated rings. The molecule has 0 aliphatic carbocycles. The largest absolute Gasteiger partial charge is 0.481 e. The fourth-order valence-corrected chi connectivity index (χ4v) is 3.55. The van der Waals surface area contributed by atoms with Gasteiger partial charge in [-0.1, -0.05) is 53.7 Å². The van der Waals surface area contributed by atoms with Crippen LogP contribution in [0.1, 0.15) is 24.2 Å². The molecule has 1 aromatic heterocycles. The van der Waals surface area contributed by atoms with E-state index in [0.717, 1.165) is 17.3 Å². The number of nitrogens with zero attached hydrogens (tertiary/aromatic N) is 3. The van der Waals surface area contributed by atoms with E-state index in [2.05, 4.69) is 21.7 Å². The summed E-state index contributed by atoms with van der Waals surface area (Å²) in [7, 11) is 2.98. The third kappa shape index (κ3) is 6.70. The van der Waals surface area contributed by atoms with E-state index in [9.17, 15) is 4.79 Å². The van der Waals surface area contributed by atoms with E-state index in [1.807, 2.05) is 19.1 Å². The average Bonchev–Trinajstić information content (AvgIpc) is 2.77. The molecule has 0 atom stereocenters. The van der Waals surface area contributed by atoms with E-state index in [-0.39, 0.29) is 10.6 Å². The number of hydrogen-bond donors (Lipinski definition) is 0. The second-order valence-corrected chi connectivity index (χ2v) is 7.26. The Morgan fingerprint density at radius 1 is 1.23 bits per heavy atom. The Morgan fingerprint density at radius 2 is 1.90 bits per heavy atom. The molecule has 162 valence electrons. The summed E-state index contributed by atoms with van der Waals surface area (Å²) < 4.78 is 10.3. The number of oxime groups is 1. The van der Waals surface area contributed by atoms with Crippen molar-refractivity contribution < 1.29 is 19.1 Å². The molecule has 0 aliphatic rings. The zero-order valence-corrected chi connectivity index (χ0v) is 19.2. The molecule has 31 heavy (non-hydrogen) atoms. The summed E-state index contributed by atoms with van der Waals surface area (Å²) in [5, 5.41) is 4.48. The van der Waals surface area contributed by atoms with Crippen molar-refractivity contribution in [2.45, 2.75) is 23.9 Å². The lowest BCUT2D eigenvalue weighted by Crippen LogP contribution is -2.07. The lowest BCUT2D eigenvalue weighted by molar-refractivity contribution is 0.0512. The van der Waals surface area contributed by atoms with Crippen LogP contribution in [-0.4, -0.2) is 35.9 Å². The maximum absolute atomic E-state index is 12.8. The molecule has 2 aromatic rings.